The average molecular weight is 407 g/mol. The first-order chi connectivity index (χ1) is 13.3. The van der Waals surface area contributed by atoms with Crippen LogP contribution in [-0.4, -0.2) is 29.5 Å². The molecule has 0 unspecified atom stereocenters. The maximum Gasteiger partial charge on any atom is 0.339 e. The molecule has 0 radical (unpaired) electrons. The summed E-state index contributed by atoms with van der Waals surface area (Å²) in [6.45, 7) is 3.51. The summed E-state index contributed by atoms with van der Waals surface area (Å²) in [6, 6.07) is 10.7. The molecule has 148 valence electrons. The highest BCUT2D eigenvalue weighted by molar-refractivity contribution is 6.31. The van der Waals surface area contributed by atoms with Crippen molar-refractivity contribution in [3.8, 4) is 5.75 Å². The van der Waals surface area contributed by atoms with E-state index in [1.54, 1.807) is 31.2 Å². The lowest BCUT2D eigenvalue weighted by Crippen LogP contribution is -2.35. The van der Waals surface area contributed by atoms with Crippen molar-refractivity contribution in [2.75, 3.05) is 6.61 Å². The molecule has 0 aliphatic heterocycles. The van der Waals surface area contributed by atoms with E-state index in [9.17, 15) is 19.7 Å². The number of carbonyl (C=O) groups is 2. The Hall–Kier alpha value is -3.13. The molecule has 8 nitrogen and oxygen atoms in total. The lowest BCUT2D eigenvalue weighted by molar-refractivity contribution is -0.385. The molecule has 28 heavy (non-hydrogen) atoms. The zero-order valence-electron chi connectivity index (χ0n) is 15.3. The van der Waals surface area contributed by atoms with Gasteiger partial charge in [-0.3, -0.25) is 14.9 Å². The molecular formula is C19H19ClN2O6. The molecule has 1 N–H and O–H groups in total. The highest BCUT2D eigenvalue weighted by Gasteiger charge is 2.23. The number of benzene rings is 2. The molecule has 9 heteroatoms. The third-order valence-corrected chi connectivity index (χ3v) is 4.12. The summed E-state index contributed by atoms with van der Waals surface area (Å²) >= 11 is 6.03. The van der Waals surface area contributed by atoms with Gasteiger partial charge in [0, 0.05) is 17.6 Å². The number of nitro groups is 1. The quantitative estimate of drug-likeness (QED) is 0.408. The predicted octanol–water partition coefficient (Wildman–Crippen LogP) is 3.51. The van der Waals surface area contributed by atoms with Gasteiger partial charge in [0.15, 0.2) is 11.9 Å². The van der Waals surface area contributed by atoms with E-state index in [-0.39, 0.29) is 30.2 Å². The zero-order chi connectivity index (χ0) is 20.7. The maximum absolute atomic E-state index is 12.2. The molecule has 2 aromatic carbocycles. The molecule has 0 bridgehead atoms. The van der Waals surface area contributed by atoms with Crippen molar-refractivity contribution in [2.45, 2.75) is 26.5 Å². The van der Waals surface area contributed by atoms with Gasteiger partial charge in [0.2, 0.25) is 0 Å². The fraction of sp³-hybridized carbons (Fsp3) is 0.263. The number of carbonyl (C=O) groups excluding carboxylic acids is 2. The summed E-state index contributed by atoms with van der Waals surface area (Å²) in [5.41, 5.74) is 0.311. The largest absolute Gasteiger partial charge is 0.487 e. The number of hydrogen-bond acceptors (Lipinski definition) is 6. The lowest BCUT2D eigenvalue weighted by atomic mass is 10.2. The molecule has 0 heterocycles. The normalized spacial score (nSPS) is 11.4. The van der Waals surface area contributed by atoms with E-state index in [0.717, 1.165) is 11.6 Å². The summed E-state index contributed by atoms with van der Waals surface area (Å²) in [5.74, 6) is -1.32. The smallest absolute Gasteiger partial charge is 0.339 e. The molecule has 1 atom stereocenters. The molecule has 0 saturated heterocycles. The van der Waals surface area contributed by atoms with Crippen molar-refractivity contribution in [3.63, 3.8) is 0 Å². The monoisotopic (exact) mass is 406 g/mol. The van der Waals surface area contributed by atoms with Crippen LogP contribution < -0.4 is 10.1 Å². The Kier molecular flexibility index (Phi) is 7.34. The first-order valence-corrected chi connectivity index (χ1v) is 8.84. The lowest BCUT2D eigenvalue weighted by Gasteiger charge is -2.14. The minimum atomic E-state index is -1.10. The van der Waals surface area contributed by atoms with Gasteiger partial charge < -0.3 is 14.8 Å². The number of nitro benzene ring substituents is 1. The second-order valence-corrected chi connectivity index (χ2v) is 6.14. The Bertz CT molecular complexity index is 886. The second kappa shape index (κ2) is 9.70. The Morgan fingerprint density at radius 3 is 2.61 bits per heavy atom. The minimum Gasteiger partial charge on any atom is -0.487 e. The zero-order valence-corrected chi connectivity index (χ0v) is 16.1. The fourth-order valence-corrected chi connectivity index (χ4v) is 2.52. The summed E-state index contributed by atoms with van der Waals surface area (Å²) in [7, 11) is 0. The average Bonchev–Trinajstić information content (AvgIpc) is 2.67. The van der Waals surface area contributed by atoms with E-state index in [0.29, 0.717) is 5.02 Å². The van der Waals surface area contributed by atoms with E-state index in [1.165, 1.54) is 19.1 Å². The fourth-order valence-electron chi connectivity index (χ4n) is 2.31. The number of ether oxygens (including phenoxy) is 2. The number of nitrogens with zero attached hydrogens (tertiary/aromatic N) is 1. The number of rotatable bonds is 8. The van der Waals surface area contributed by atoms with Gasteiger partial charge in [0.1, 0.15) is 0 Å². The maximum atomic E-state index is 12.2. The van der Waals surface area contributed by atoms with Crippen molar-refractivity contribution in [1.82, 2.24) is 5.32 Å². The Labute approximate surface area is 166 Å². The number of hydrogen-bond donors (Lipinski definition) is 1. The summed E-state index contributed by atoms with van der Waals surface area (Å²) in [4.78, 5) is 34.9. The van der Waals surface area contributed by atoms with Gasteiger partial charge >= 0.3 is 11.7 Å². The van der Waals surface area contributed by atoms with Crippen molar-refractivity contribution < 1.29 is 24.0 Å². The van der Waals surface area contributed by atoms with Crippen LogP contribution in [0.4, 0.5) is 5.69 Å². The van der Waals surface area contributed by atoms with Gasteiger partial charge in [-0.05, 0) is 37.6 Å². The third kappa shape index (κ3) is 5.43. The first kappa shape index (κ1) is 21.2. The molecule has 2 rings (SSSR count). The summed E-state index contributed by atoms with van der Waals surface area (Å²) in [6.07, 6.45) is -1.10. The Morgan fingerprint density at radius 1 is 1.25 bits per heavy atom. The first-order valence-electron chi connectivity index (χ1n) is 8.46. The number of esters is 1. The van der Waals surface area contributed by atoms with Crippen LogP contribution in [0.3, 0.4) is 0 Å². The Morgan fingerprint density at radius 2 is 1.96 bits per heavy atom. The van der Waals surface area contributed by atoms with Crippen LogP contribution in [0.5, 0.6) is 5.75 Å². The molecule has 1 amide bonds. The standard InChI is InChI=1S/C19H19ClN2O6/c1-3-27-17-9-8-13(10-16(17)22(25)26)19(24)28-12(2)18(23)21-11-14-6-4-5-7-15(14)20/h4-10,12H,3,11H2,1-2H3,(H,21,23)/t12-/m0/s1. The van der Waals surface area contributed by atoms with Crippen molar-refractivity contribution >= 4 is 29.2 Å². The molecular weight excluding hydrogens is 388 g/mol. The van der Waals surface area contributed by atoms with Crippen LogP contribution in [0.15, 0.2) is 42.5 Å². The summed E-state index contributed by atoms with van der Waals surface area (Å²) < 4.78 is 10.3. The van der Waals surface area contributed by atoms with Crippen LogP contribution in [-0.2, 0) is 16.1 Å². The highest BCUT2D eigenvalue weighted by Crippen LogP contribution is 2.28. The second-order valence-electron chi connectivity index (χ2n) is 5.73. The van der Waals surface area contributed by atoms with E-state index in [4.69, 9.17) is 21.1 Å². The molecule has 0 aliphatic rings. The van der Waals surface area contributed by atoms with Gasteiger partial charge in [-0.25, -0.2) is 4.79 Å². The Balaban J connectivity index is 2.01. The SMILES string of the molecule is CCOc1ccc(C(=O)O[C@@H](C)C(=O)NCc2ccccc2Cl)cc1[N+](=O)[O-]. The number of halogens is 1. The van der Waals surface area contributed by atoms with E-state index < -0.39 is 22.9 Å². The van der Waals surface area contributed by atoms with Crippen molar-refractivity contribution in [3.05, 3.63) is 68.7 Å². The van der Waals surface area contributed by atoms with Crippen LogP contribution in [0, 0.1) is 10.1 Å². The van der Waals surface area contributed by atoms with Crippen molar-refractivity contribution in [2.24, 2.45) is 0 Å². The van der Waals surface area contributed by atoms with Gasteiger partial charge in [-0.1, -0.05) is 29.8 Å². The number of amides is 1. The molecule has 0 fully saturated rings. The van der Waals surface area contributed by atoms with Crippen molar-refractivity contribution in [1.29, 1.82) is 0 Å². The minimum absolute atomic E-state index is 0.0505. The molecule has 0 aliphatic carbocycles. The van der Waals surface area contributed by atoms with Gasteiger partial charge in [0.05, 0.1) is 17.1 Å². The van der Waals surface area contributed by atoms with Gasteiger partial charge in [0.25, 0.3) is 5.91 Å². The van der Waals surface area contributed by atoms with E-state index in [2.05, 4.69) is 5.32 Å². The third-order valence-electron chi connectivity index (χ3n) is 3.76. The predicted molar refractivity (Wildman–Crippen MR) is 102 cm³/mol. The van der Waals surface area contributed by atoms with Crippen LogP contribution >= 0.6 is 11.6 Å². The van der Waals surface area contributed by atoms with Crippen LogP contribution in [0.2, 0.25) is 5.02 Å². The van der Waals surface area contributed by atoms with E-state index >= 15 is 0 Å². The topological polar surface area (TPSA) is 108 Å². The molecule has 0 saturated carbocycles. The van der Waals surface area contributed by atoms with Gasteiger partial charge in [-0.15, -0.1) is 0 Å². The number of nitrogens with one attached hydrogen (secondary N) is 1. The molecule has 2 aromatic rings. The summed E-state index contributed by atoms with van der Waals surface area (Å²) in [5, 5.41) is 14.3. The van der Waals surface area contributed by atoms with E-state index in [1.807, 2.05) is 0 Å². The molecule has 0 spiro atoms. The van der Waals surface area contributed by atoms with Crippen LogP contribution in [0.25, 0.3) is 0 Å². The molecule has 0 aromatic heterocycles. The van der Waals surface area contributed by atoms with Crippen LogP contribution in [0.1, 0.15) is 29.8 Å². The highest BCUT2D eigenvalue weighted by atomic mass is 35.5. The van der Waals surface area contributed by atoms with Gasteiger partial charge in [-0.2, -0.15) is 0 Å².